The molecule has 1 aliphatic heterocycles. The van der Waals surface area contributed by atoms with Crippen molar-refractivity contribution in [3.8, 4) is 0 Å². The summed E-state index contributed by atoms with van der Waals surface area (Å²) in [5.74, 6) is 0. The zero-order chi connectivity index (χ0) is 19.5. The van der Waals surface area contributed by atoms with Gasteiger partial charge in [-0.25, -0.2) is 0 Å². The number of pyridine rings is 2. The summed E-state index contributed by atoms with van der Waals surface area (Å²) in [6.45, 7) is 2.82. The second-order valence-electron chi connectivity index (χ2n) is 8.78. The molecule has 0 radical (unpaired) electrons. The van der Waals surface area contributed by atoms with Gasteiger partial charge in [0.1, 0.15) is 0 Å². The van der Waals surface area contributed by atoms with Crippen LogP contribution in [0.15, 0.2) is 36.7 Å². The molecule has 3 heterocycles. The van der Waals surface area contributed by atoms with Crippen molar-refractivity contribution in [3.05, 3.63) is 58.6 Å². The molecule has 2 aromatic rings. The van der Waals surface area contributed by atoms with Crippen LogP contribution < -0.4 is 0 Å². The quantitative estimate of drug-likeness (QED) is 0.542. The molecule has 4 rings (SSSR count). The Morgan fingerprint density at radius 1 is 1.11 bits per heavy atom. The summed E-state index contributed by atoms with van der Waals surface area (Å²) < 4.78 is 6.35. The first-order valence-electron chi connectivity index (χ1n) is 10.8. The van der Waals surface area contributed by atoms with E-state index in [1.54, 1.807) is 0 Å². The molecule has 2 aromatic heterocycles. The van der Waals surface area contributed by atoms with E-state index in [1.165, 1.54) is 49.8 Å². The molecule has 28 heavy (non-hydrogen) atoms. The first-order chi connectivity index (χ1) is 13.6. The number of ether oxygens (including phenoxy) is 1. The second kappa shape index (κ2) is 8.51. The molecule has 1 aliphatic carbocycles. The lowest BCUT2D eigenvalue weighted by atomic mass is 9.67. The first kappa shape index (κ1) is 19.8. The van der Waals surface area contributed by atoms with E-state index in [1.807, 2.05) is 25.4 Å². The van der Waals surface area contributed by atoms with Gasteiger partial charge in [-0.2, -0.15) is 0 Å². The third kappa shape index (κ3) is 4.26. The van der Waals surface area contributed by atoms with Crippen LogP contribution in [0.2, 0.25) is 5.02 Å². The maximum Gasteiger partial charge on any atom is 0.0691 e. The third-order valence-electron chi connectivity index (χ3n) is 6.83. The Kier molecular flexibility index (Phi) is 6.03. The minimum absolute atomic E-state index is 0.101. The van der Waals surface area contributed by atoms with E-state index in [0.29, 0.717) is 0 Å². The van der Waals surface area contributed by atoms with Crippen LogP contribution >= 0.6 is 11.6 Å². The summed E-state index contributed by atoms with van der Waals surface area (Å²) in [6, 6.07) is 8.47. The molecule has 0 unspecified atom stereocenters. The van der Waals surface area contributed by atoms with Crippen molar-refractivity contribution < 1.29 is 4.74 Å². The minimum atomic E-state index is 0.101. The number of hydrogen-bond donors (Lipinski definition) is 0. The molecule has 0 amide bonds. The van der Waals surface area contributed by atoms with Crippen LogP contribution in [0.5, 0.6) is 0 Å². The van der Waals surface area contributed by atoms with E-state index in [0.717, 1.165) is 43.0 Å². The molecule has 0 aromatic carbocycles. The maximum absolute atomic E-state index is 6.35. The summed E-state index contributed by atoms with van der Waals surface area (Å²) in [4.78, 5) is 9.20. The maximum atomic E-state index is 6.35. The molecule has 2 fully saturated rings. The molecular formula is C24H31ClN2O. The van der Waals surface area contributed by atoms with Gasteiger partial charge in [-0.15, -0.1) is 0 Å². The summed E-state index contributed by atoms with van der Waals surface area (Å²) in [5, 5.41) is 0.773. The second-order valence-corrected chi connectivity index (χ2v) is 9.19. The number of hydrogen-bond acceptors (Lipinski definition) is 3. The highest BCUT2D eigenvalue weighted by Crippen LogP contribution is 2.50. The molecular weight excluding hydrogens is 368 g/mol. The number of nitrogens with zero attached hydrogens (tertiary/aromatic N) is 2. The fourth-order valence-corrected chi connectivity index (χ4v) is 5.46. The highest BCUT2D eigenvalue weighted by molar-refractivity contribution is 6.31. The molecule has 3 nitrogen and oxygen atoms in total. The van der Waals surface area contributed by atoms with E-state index in [4.69, 9.17) is 21.3 Å². The number of rotatable bonds is 6. The molecule has 1 atom stereocenters. The predicted molar refractivity (Wildman–Crippen MR) is 114 cm³/mol. The van der Waals surface area contributed by atoms with E-state index in [9.17, 15) is 0 Å². The van der Waals surface area contributed by atoms with E-state index < -0.39 is 0 Å². The Morgan fingerprint density at radius 3 is 2.71 bits per heavy atom. The zero-order valence-electron chi connectivity index (χ0n) is 16.9. The normalized spacial score (nSPS) is 23.9. The number of aromatic nitrogens is 2. The van der Waals surface area contributed by atoms with E-state index >= 15 is 0 Å². The van der Waals surface area contributed by atoms with Crippen molar-refractivity contribution in [1.82, 2.24) is 9.97 Å². The number of aryl methyl sites for hydroxylation is 2. The van der Waals surface area contributed by atoms with E-state index in [2.05, 4.69) is 23.2 Å². The molecule has 1 saturated carbocycles. The van der Waals surface area contributed by atoms with Crippen molar-refractivity contribution in [1.29, 1.82) is 0 Å². The van der Waals surface area contributed by atoms with Gasteiger partial charge in [0.25, 0.3) is 0 Å². The van der Waals surface area contributed by atoms with Crippen molar-refractivity contribution in [2.45, 2.75) is 82.1 Å². The van der Waals surface area contributed by atoms with Gasteiger partial charge in [0.15, 0.2) is 0 Å². The smallest absolute Gasteiger partial charge is 0.0691 e. The fourth-order valence-electron chi connectivity index (χ4n) is 5.27. The highest BCUT2D eigenvalue weighted by Gasteiger charge is 2.48. The van der Waals surface area contributed by atoms with Gasteiger partial charge in [-0.05, 0) is 75.6 Å². The van der Waals surface area contributed by atoms with Crippen LogP contribution in [0.4, 0.5) is 0 Å². The third-order valence-corrected chi connectivity index (χ3v) is 7.21. The van der Waals surface area contributed by atoms with Crippen molar-refractivity contribution >= 4 is 11.6 Å². The van der Waals surface area contributed by atoms with Gasteiger partial charge in [-0.3, -0.25) is 9.97 Å². The van der Waals surface area contributed by atoms with Gasteiger partial charge < -0.3 is 4.74 Å². The molecule has 0 N–H and O–H groups in total. The van der Waals surface area contributed by atoms with Crippen molar-refractivity contribution in [3.63, 3.8) is 0 Å². The monoisotopic (exact) mass is 398 g/mol. The lowest BCUT2D eigenvalue weighted by molar-refractivity contribution is -0.104. The molecule has 0 bridgehead atoms. The Hall–Kier alpha value is -1.45. The number of unbranched alkanes of at least 4 members (excludes halogenated alkanes) is 1. The largest absolute Gasteiger partial charge is 0.375 e. The lowest BCUT2D eigenvalue weighted by Gasteiger charge is -2.46. The topological polar surface area (TPSA) is 35.0 Å². The van der Waals surface area contributed by atoms with Crippen LogP contribution in [-0.4, -0.2) is 22.2 Å². The van der Waals surface area contributed by atoms with Gasteiger partial charge in [0.2, 0.25) is 0 Å². The Morgan fingerprint density at radius 2 is 1.96 bits per heavy atom. The van der Waals surface area contributed by atoms with Gasteiger partial charge in [-0.1, -0.05) is 36.9 Å². The van der Waals surface area contributed by atoms with Crippen molar-refractivity contribution in [2.24, 2.45) is 0 Å². The van der Waals surface area contributed by atoms with Crippen LogP contribution in [-0.2, 0) is 16.6 Å². The highest BCUT2D eigenvalue weighted by atomic mass is 35.5. The Balaban J connectivity index is 1.45. The van der Waals surface area contributed by atoms with Crippen LogP contribution in [0.25, 0.3) is 0 Å². The van der Waals surface area contributed by atoms with Crippen LogP contribution in [0, 0.1) is 6.92 Å². The van der Waals surface area contributed by atoms with E-state index in [-0.39, 0.29) is 11.0 Å². The SMILES string of the molecule is Cc1ncc(CCCC[C@@]2(c3ccccn3)CCOC3(CCCC3)C2)cc1Cl. The Labute approximate surface area is 173 Å². The summed E-state index contributed by atoms with van der Waals surface area (Å²) in [6.07, 6.45) is 15.8. The summed E-state index contributed by atoms with van der Waals surface area (Å²) in [5.41, 5.74) is 3.67. The van der Waals surface area contributed by atoms with Gasteiger partial charge >= 0.3 is 0 Å². The average Bonchev–Trinajstić information content (AvgIpc) is 3.16. The van der Waals surface area contributed by atoms with Gasteiger partial charge in [0.05, 0.1) is 16.3 Å². The average molecular weight is 399 g/mol. The molecule has 150 valence electrons. The molecule has 1 saturated heterocycles. The minimum Gasteiger partial charge on any atom is -0.375 e. The fraction of sp³-hybridized carbons (Fsp3) is 0.583. The standard InChI is InChI=1S/C24H31ClN2O/c1-19-21(25)16-20(17-27-19)8-2-4-10-23(22-9-3-7-14-26-22)13-15-28-24(18-23)11-5-6-12-24/h3,7,9,14,16-17H,2,4-6,8,10-13,15,18H2,1H3/t23-/m1/s1. The number of halogens is 1. The molecule has 1 spiro atoms. The lowest BCUT2D eigenvalue weighted by Crippen LogP contribution is -2.46. The van der Waals surface area contributed by atoms with Crippen LogP contribution in [0.1, 0.15) is 74.7 Å². The zero-order valence-corrected chi connectivity index (χ0v) is 17.7. The van der Waals surface area contributed by atoms with Gasteiger partial charge in [0, 0.05) is 30.1 Å². The summed E-state index contributed by atoms with van der Waals surface area (Å²) >= 11 is 6.24. The van der Waals surface area contributed by atoms with Crippen LogP contribution in [0.3, 0.4) is 0 Å². The molecule has 4 heteroatoms. The molecule has 2 aliphatic rings. The predicted octanol–water partition coefficient (Wildman–Crippen LogP) is 6.21. The van der Waals surface area contributed by atoms with Crippen molar-refractivity contribution in [2.75, 3.05) is 6.61 Å². The summed E-state index contributed by atoms with van der Waals surface area (Å²) in [7, 11) is 0. The first-order valence-corrected chi connectivity index (χ1v) is 11.2. The Bertz CT molecular complexity index is 788.